The van der Waals surface area contributed by atoms with Crippen LogP contribution in [-0.2, 0) is 0 Å². The summed E-state index contributed by atoms with van der Waals surface area (Å²) in [6.45, 7) is 7.67. The van der Waals surface area contributed by atoms with E-state index in [2.05, 4.69) is 24.8 Å². The van der Waals surface area contributed by atoms with Crippen molar-refractivity contribution in [2.45, 2.75) is 90.6 Å². The van der Waals surface area contributed by atoms with Crippen molar-refractivity contribution in [1.29, 1.82) is 0 Å². The van der Waals surface area contributed by atoms with Crippen LogP contribution in [0.15, 0.2) is 11.8 Å². The van der Waals surface area contributed by atoms with E-state index in [4.69, 9.17) is 0 Å². The first-order valence-electron chi connectivity index (χ1n) is 11.6. The van der Waals surface area contributed by atoms with Gasteiger partial charge in [-0.05, 0) is 105 Å². The predicted molar refractivity (Wildman–Crippen MR) is 107 cm³/mol. The van der Waals surface area contributed by atoms with Gasteiger partial charge in [0.05, 0.1) is 6.10 Å². The molecule has 2 heteroatoms. The minimum absolute atomic E-state index is 0.0315. The largest absolute Gasteiger partial charge is 0.393 e. The molecule has 1 saturated heterocycles. The van der Waals surface area contributed by atoms with Crippen LogP contribution >= 0.6 is 0 Å². The van der Waals surface area contributed by atoms with Crippen LogP contribution < -0.4 is 0 Å². The quantitative estimate of drug-likeness (QED) is 0.682. The molecule has 4 aliphatic carbocycles. The molecule has 5 aliphatic rings. The smallest absolute Gasteiger partial charge is 0.0596 e. The Bertz CT molecular complexity index is 579. The highest BCUT2D eigenvalue weighted by molar-refractivity contribution is 5.17. The molecule has 0 radical (unpaired) electrons. The van der Waals surface area contributed by atoms with Gasteiger partial charge >= 0.3 is 0 Å². The third-order valence-corrected chi connectivity index (χ3v) is 10.0. The second-order valence-electron chi connectivity index (χ2n) is 10.9. The monoisotopic (exact) mass is 357 g/mol. The number of aliphatic hydroxyl groups excluding tert-OH is 1. The Morgan fingerprint density at radius 3 is 2.50 bits per heavy atom. The Balaban J connectivity index is 1.38. The molecule has 0 aromatic carbocycles. The first kappa shape index (κ1) is 17.6. The van der Waals surface area contributed by atoms with E-state index >= 15 is 0 Å². The maximum absolute atomic E-state index is 10.6. The van der Waals surface area contributed by atoms with E-state index < -0.39 is 0 Å². The molecule has 0 aromatic heterocycles. The van der Waals surface area contributed by atoms with E-state index in [-0.39, 0.29) is 11.5 Å². The van der Waals surface area contributed by atoms with Gasteiger partial charge in [0, 0.05) is 18.8 Å². The van der Waals surface area contributed by atoms with Crippen LogP contribution in [0.5, 0.6) is 0 Å². The van der Waals surface area contributed by atoms with Crippen LogP contribution in [0, 0.1) is 34.5 Å². The summed E-state index contributed by atoms with van der Waals surface area (Å²) in [6, 6.07) is 0. The zero-order valence-corrected chi connectivity index (χ0v) is 17.1. The maximum atomic E-state index is 10.6. The van der Waals surface area contributed by atoms with Gasteiger partial charge in [-0.15, -0.1) is 0 Å². The van der Waals surface area contributed by atoms with Crippen molar-refractivity contribution in [2.24, 2.45) is 34.5 Å². The molecule has 2 nitrogen and oxygen atoms in total. The van der Waals surface area contributed by atoms with Crippen molar-refractivity contribution < 1.29 is 5.11 Å². The summed E-state index contributed by atoms with van der Waals surface area (Å²) in [5.74, 6) is 3.49. The lowest BCUT2D eigenvalue weighted by atomic mass is 9.46. The lowest BCUT2D eigenvalue weighted by Crippen LogP contribution is -2.53. The fourth-order valence-electron chi connectivity index (χ4n) is 8.27. The topological polar surface area (TPSA) is 23.5 Å². The van der Waals surface area contributed by atoms with E-state index in [0.717, 1.165) is 30.1 Å². The second kappa shape index (κ2) is 6.26. The summed E-state index contributed by atoms with van der Waals surface area (Å²) in [5.41, 5.74) is 2.45. The number of rotatable bonds is 1. The fourth-order valence-corrected chi connectivity index (χ4v) is 8.27. The normalized spacial score (nSPS) is 51.3. The molecule has 1 N–H and O–H groups in total. The van der Waals surface area contributed by atoms with Gasteiger partial charge < -0.3 is 10.0 Å². The van der Waals surface area contributed by atoms with Gasteiger partial charge in [0.15, 0.2) is 0 Å². The lowest BCUT2D eigenvalue weighted by molar-refractivity contribution is -0.111. The summed E-state index contributed by atoms with van der Waals surface area (Å²) < 4.78 is 0. The number of hydrogen-bond donors (Lipinski definition) is 1. The molecule has 5 rings (SSSR count). The third kappa shape index (κ3) is 2.46. The molecule has 0 amide bonds. The minimum Gasteiger partial charge on any atom is -0.393 e. The summed E-state index contributed by atoms with van der Waals surface area (Å²) in [7, 11) is 0. The molecular formula is C24H39NO. The van der Waals surface area contributed by atoms with Gasteiger partial charge in [0.2, 0.25) is 0 Å². The van der Waals surface area contributed by atoms with E-state index in [0.29, 0.717) is 5.41 Å². The SMILES string of the molecule is C[C@]12CC=C(N3CCCCC3)C[C@H]1CC[C@@H]1[C@@H]2CC[C@]2(C)[C@@H](O)CC[C@@H]12. The number of hydrogen-bond acceptors (Lipinski definition) is 2. The van der Waals surface area contributed by atoms with Gasteiger partial charge in [-0.25, -0.2) is 0 Å². The average Bonchev–Trinajstić information content (AvgIpc) is 2.97. The molecule has 0 unspecified atom stereocenters. The van der Waals surface area contributed by atoms with Crippen LogP contribution in [-0.4, -0.2) is 29.2 Å². The van der Waals surface area contributed by atoms with Crippen molar-refractivity contribution >= 4 is 0 Å². The van der Waals surface area contributed by atoms with Crippen molar-refractivity contribution in [3.05, 3.63) is 11.8 Å². The zero-order chi connectivity index (χ0) is 17.9. The van der Waals surface area contributed by atoms with Crippen molar-refractivity contribution in [3.8, 4) is 0 Å². The Kier molecular flexibility index (Phi) is 4.23. The number of fused-ring (bicyclic) bond motifs is 5. The Hall–Kier alpha value is -0.500. The molecule has 0 bridgehead atoms. The van der Waals surface area contributed by atoms with Crippen molar-refractivity contribution in [2.75, 3.05) is 13.1 Å². The standard InChI is InChI=1S/C24H39NO/c1-23-12-10-18(25-14-4-3-5-15-25)16-17(23)6-7-19-20-8-9-22(26)24(20,2)13-11-21(19)23/h10,17,19-22,26H,3-9,11-16H2,1-2H3/t17-,19+,20+,21+,22+,23+,24+/m1/s1. The average molecular weight is 358 g/mol. The van der Waals surface area contributed by atoms with E-state index in [1.165, 1.54) is 77.3 Å². The van der Waals surface area contributed by atoms with Gasteiger partial charge in [0.25, 0.3) is 0 Å². The number of nitrogens with zero attached hydrogens (tertiary/aromatic N) is 1. The molecule has 0 spiro atoms. The molecule has 26 heavy (non-hydrogen) atoms. The van der Waals surface area contributed by atoms with Crippen molar-refractivity contribution in [1.82, 2.24) is 4.90 Å². The molecule has 7 atom stereocenters. The van der Waals surface area contributed by atoms with Crippen molar-refractivity contribution in [3.63, 3.8) is 0 Å². The molecule has 4 fully saturated rings. The molecule has 1 heterocycles. The minimum atomic E-state index is -0.0315. The molecule has 3 saturated carbocycles. The third-order valence-electron chi connectivity index (χ3n) is 10.0. The lowest BCUT2D eigenvalue weighted by Gasteiger charge is -2.60. The highest BCUT2D eigenvalue weighted by Gasteiger charge is 2.59. The number of likely N-dealkylation sites (tertiary alicyclic amines) is 1. The van der Waals surface area contributed by atoms with E-state index in [9.17, 15) is 5.11 Å². The van der Waals surface area contributed by atoms with Crippen LogP contribution in [0.3, 0.4) is 0 Å². The molecule has 146 valence electrons. The van der Waals surface area contributed by atoms with Gasteiger partial charge in [-0.1, -0.05) is 19.9 Å². The summed E-state index contributed by atoms with van der Waals surface area (Å²) in [5, 5.41) is 10.6. The number of piperidine rings is 1. The summed E-state index contributed by atoms with van der Waals surface area (Å²) >= 11 is 0. The Morgan fingerprint density at radius 2 is 1.69 bits per heavy atom. The first-order valence-corrected chi connectivity index (χ1v) is 11.6. The molecule has 0 aromatic rings. The van der Waals surface area contributed by atoms with Crippen LogP contribution in [0.2, 0.25) is 0 Å². The fraction of sp³-hybridized carbons (Fsp3) is 0.917. The molecule has 1 aliphatic heterocycles. The van der Waals surface area contributed by atoms with Crippen LogP contribution in [0.4, 0.5) is 0 Å². The number of aliphatic hydroxyl groups is 1. The highest BCUT2D eigenvalue weighted by atomic mass is 16.3. The van der Waals surface area contributed by atoms with Crippen LogP contribution in [0.1, 0.15) is 84.5 Å². The van der Waals surface area contributed by atoms with E-state index in [1.807, 2.05) is 0 Å². The first-order chi connectivity index (χ1) is 12.5. The van der Waals surface area contributed by atoms with Gasteiger partial charge in [-0.2, -0.15) is 0 Å². The Labute approximate surface area is 160 Å². The summed E-state index contributed by atoms with van der Waals surface area (Å²) in [6.07, 6.45) is 17.4. The van der Waals surface area contributed by atoms with E-state index in [1.54, 1.807) is 5.70 Å². The van der Waals surface area contributed by atoms with Gasteiger partial charge in [0.1, 0.15) is 0 Å². The van der Waals surface area contributed by atoms with Crippen LogP contribution in [0.25, 0.3) is 0 Å². The number of allylic oxidation sites excluding steroid dienone is 2. The highest BCUT2D eigenvalue weighted by Crippen LogP contribution is 2.66. The zero-order valence-electron chi connectivity index (χ0n) is 17.1. The maximum Gasteiger partial charge on any atom is 0.0596 e. The molecular weight excluding hydrogens is 318 g/mol. The second-order valence-corrected chi connectivity index (χ2v) is 10.9. The predicted octanol–water partition coefficient (Wildman–Crippen LogP) is 5.37. The summed E-state index contributed by atoms with van der Waals surface area (Å²) in [4.78, 5) is 2.72. The Morgan fingerprint density at radius 1 is 0.923 bits per heavy atom. The van der Waals surface area contributed by atoms with Gasteiger partial charge in [-0.3, -0.25) is 0 Å².